The number of carbonyl (C=O) groups is 1. The lowest BCUT2D eigenvalue weighted by Gasteiger charge is -2.05. The number of ether oxygens (including phenoxy) is 1. The third kappa shape index (κ3) is 10.00. The van der Waals surface area contributed by atoms with Crippen molar-refractivity contribution in [3.63, 3.8) is 0 Å². The van der Waals surface area contributed by atoms with Gasteiger partial charge in [0.15, 0.2) is 0 Å². The highest BCUT2D eigenvalue weighted by atomic mass is 35.5. The SMILES string of the molecule is O=C(O)C=CC=CCCCCCCCOc1cccc(Cl)n1. The molecule has 1 aromatic rings. The van der Waals surface area contributed by atoms with E-state index in [1.807, 2.05) is 12.1 Å². The molecule has 0 saturated heterocycles. The Morgan fingerprint density at radius 3 is 2.73 bits per heavy atom. The summed E-state index contributed by atoms with van der Waals surface area (Å²) >= 11 is 5.77. The Morgan fingerprint density at radius 1 is 1.18 bits per heavy atom. The van der Waals surface area contributed by atoms with Crippen molar-refractivity contribution in [2.45, 2.75) is 38.5 Å². The molecule has 1 N–H and O–H groups in total. The number of rotatable bonds is 11. The van der Waals surface area contributed by atoms with E-state index >= 15 is 0 Å². The molecule has 0 aromatic carbocycles. The summed E-state index contributed by atoms with van der Waals surface area (Å²) in [6.45, 7) is 0.660. The van der Waals surface area contributed by atoms with Crippen LogP contribution in [0.15, 0.2) is 42.5 Å². The van der Waals surface area contributed by atoms with Gasteiger partial charge in [-0.15, -0.1) is 0 Å². The van der Waals surface area contributed by atoms with Crippen LogP contribution in [0.3, 0.4) is 0 Å². The first-order chi connectivity index (χ1) is 10.7. The molecule has 22 heavy (non-hydrogen) atoms. The number of halogens is 1. The van der Waals surface area contributed by atoms with Gasteiger partial charge in [0, 0.05) is 12.1 Å². The fourth-order valence-corrected chi connectivity index (χ4v) is 2.01. The summed E-state index contributed by atoms with van der Waals surface area (Å²) in [5.74, 6) is -0.341. The van der Waals surface area contributed by atoms with Crippen molar-refractivity contribution < 1.29 is 14.6 Å². The average molecular weight is 324 g/mol. The van der Waals surface area contributed by atoms with E-state index in [0.717, 1.165) is 31.8 Å². The second-order valence-electron chi connectivity index (χ2n) is 4.83. The number of unbranched alkanes of at least 4 members (excludes halogenated alkanes) is 5. The van der Waals surface area contributed by atoms with Crippen LogP contribution in [0.2, 0.25) is 5.15 Å². The Kier molecular flexibility index (Phi) is 9.79. The smallest absolute Gasteiger partial charge is 0.328 e. The molecular weight excluding hydrogens is 302 g/mol. The number of carboxylic acids is 1. The molecule has 5 heteroatoms. The van der Waals surface area contributed by atoms with Crippen molar-refractivity contribution in [2.75, 3.05) is 6.61 Å². The largest absolute Gasteiger partial charge is 0.478 e. The van der Waals surface area contributed by atoms with E-state index < -0.39 is 5.97 Å². The molecule has 1 rings (SSSR count). The number of nitrogens with zero attached hydrogens (tertiary/aromatic N) is 1. The van der Waals surface area contributed by atoms with Crippen LogP contribution in [0.5, 0.6) is 5.88 Å². The maximum atomic E-state index is 10.2. The van der Waals surface area contributed by atoms with E-state index in [1.165, 1.54) is 12.8 Å². The summed E-state index contributed by atoms with van der Waals surface area (Å²) in [4.78, 5) is 14.3. The van der Waals surface area contributed by atoms with E-state index in [1.54, 1.807) is 24.3 Å². The predicted molar refractivity (Wildman–Crippen MR) is 88.4 cm³/mol. The Labute approximate surface area is 136 Å². The Balaban J connectivity index is 1.92. The molecule has 4 nitrogen and oxygen atoms in total. The van der Waals surface area contributed by atoms with Crippen molar-refractivity contribution in [2.24, 2.45) is 0 Å². The standard InChI is InChI=1S/C17H22ClNO3/c18-15-11-10-12-16(19-15)22-14-9-7-5-3-1-2-4-6-8-13-17(20)21/h4,6,8,10-13H,1-3,5,7,9,14H2,(H,20,21). The van der Waals surface area contributed by atoms with Gasteiger partial charge >= 0.3 is 5.97 Å². The molecule has 0 radical (unpaired) electrons. The minimum atomic E-state index is -0.917. The number of carboxylic acid groups (broad SMARTS) is 1. The molecule has 0 amide bonds. The van der Waals surface area contributed by atoms with Gasteiger partial charge in [-0.25, -0.2) is 9.78 Å². The Hall–Kier alpha value is -1.81. The van der Waals surface area contributed by atoms with Crippen LogP contribution in [-0.2, 0) is 4.79 Å². The topological polar surface area (TPSA) is 59.4 Å². The van der Waals surface area contributed by atoms with Gasteiger partial charge < -0.3 is 9.84 Å². The zero-order chi connectivity index (χ0) is 16.0. The van der Waals surface area contributed by atoms with Crippen molar-refractivity contribution in [3.05, 3.63) is 47.7 Å². The number of aromatic nitrogens is 1. The fourth-order valence-electron chi connectivity index (χ4n) is 1.85. The lowest BCUT2D eigenvalue weighted by atomic mass is 10.1. The van der Waals surface area contributed by atoms with Crippen LogP contribution in [0.1, 0.15) is 38.5 Å². The summed E-state index contributed by atoms with van der Waals surface area (Å²) in [5, 5.41) is 8.85. The molecule has 0 bridgehead atoms. The molecule has 0 unspecified atom stereocenters. The highest BCUT2D eigenvalue weighted by Gasteiger charge is 1.96. The second-order valence-corrected chi connectivity index (χ2v) is 5.22. The highest BCUT2D eigenvalue weighted by molar-refractivity contribution is 6.29. The summed E-state index contributed by atoms with van der Waals surface area (Å²) < 4.78 is 5.52. The monoisotopic (exact) mass is 323 g/mol. The van der Waals surface area contributed by atoms with Gasteiger partial charge in [0.05, 0.1) is 6.61 Å². The van der Waals surface area contributed by atoms with Crippen LogP contribution >= 0.6 is 11.6 Å². The average Bonchev–Trinajstić information content (AvgIpc) is 2.48. The summed E-state index contributed by atoms with van der Waals surface area (Å²) in [5.41, 5.74) is 0. The van der Waals surface area contributed by atoms with Gasteiger partial charge in [-0.1, -0.05) is 55.2 Å². The first kappa shape index (κ1) is 18.2. The van der Waals surface area contributed by atoms with E-state index in [4.69, 9.17) is 21.4 Å². The second kappa shape index (κ2) is 11.8. The maximum absolute atomic E-state index is 10.2. The number of aliphatic carboxylic acids is 1. The minimum absolute atomic E-state index is 0.448. The molecule has 120 valence electrons. The number of hydrogen-bond donors (Lipinski definition) is 1. The van der Waals surface area contributed by atoms with Gasteiger partial charge in [0.25, 0.3) is 0 Å². The van der Waals surface area contributed by atoms with Crippen molar-refractivity contribution in [3.8, 4) is 5.88 Å². The fraction of sp³-hybridized carbons (Fsp3) is 0.412. The minimum Gasteiger partial charge on any atom is -0.478 e. The van der Waals surface area contributed by atoms with Crippen LogP contribution in [0.4, 0.5) is 0 Å². The van der Waals surface area contributed by atoms with Crippen molar-refractivity contribution in [1.82, 2.24) is 4.98 Å². The normalized spacial score (nSPS) is 11.3. The van der Waals surface area contributed by atoms with Gasteiger partial charge in [0.1, 0.15) is 5.15 Å². The van der Waals surface area contributed by atoms with E-state index in [9.17, 15) is 4.79 Å². The van der Waals surface area contributed by atoms with E-state index in [2.05, 4.69) is 4.98 Å². The first-order valence-electron chi connectivity index (χ1n) is 7.50. The third-order valence-corrected chi connectivity index (χ3v) is 3.15. The van der Waals surface area contributed by atoms with E-state index in [-0.39, 0.29) is 0 Å². The molecule has 0 aliphatic rings. The molecule has 1 heterocycles. The van der Waals surface area contributed by atoms with Crippen LogP contribution < -0.4 is 4.74 Å². The third-order valence-electron chi connectivity index (χ3n) is 2.94. The zero-order valence-electron chi connectivity index (χ0n) is 12.6. The lowest BCUT2D eigenvalue weighted by molar-refractivity contribution is -0.131. The zero-order valence-corrected chi connectivity index (χ0v) is 13.3. The molecule has 0 atom stereocenters. The van der Waals surface area contributed by atoms with Gasteiger partial charge in [-0.3, -0.25) is 0 Å². The summed E-state index contributed by atoms with van der Waals surface area (Å²) in [6, 6.07) is 5.35. The van der Waals surface area contributed by atoms with Crippen LogP contribution in [0, 0.1) is 0 Å². The van der Waals surface area contributed by atoms with Gasteiger partial charge in [-0.05, 0) is 25.3 Å². The van der Waals surface area contributed by atoms with Crippen LogP contribution in [0.25, 0.3) is 0 Å². The Bertz CT molecular complexity index is 500. The molecule has 0 fully saturated rings. The first-order valence-corrected chi connectivity index (χ1v) is 7.88. The Morgan fingerprint density at radius 2 is 1.95 bits per heavy atom. The summed E-state index contributed by atoms with van der Waals surface area (Å²) in [6.07, 6.45) is 13.0. The van der Waals surface area contributed by atoms with Gasteiger partial charge in [-0.2, -0.15) is 0 Å². The number of allylic oxidation sites excluding steroid dienone is 3. The lowest BCUT2D eigenvalue weighted by Crippen LogP contribution is -1.98. The molecule has 0 spiro atoms. The quantitative estimate of drug-likeness (QED) is 0.279. The highest BCUT2D eigenvalue weighted by Crippen LogP contribution is 2.12. The number of pyridine rings is 1. The van der Waals surface area contributed by atoms with Crippen LogP contribution in [-0.4, -0.2) is 22.7 Å². The molecular formula is C17H22ClNO3. The van der Waals surface area contributed by atoms with E-state index in [0.29, 0.717) is 17.6 Å². The van der Waals surface area contributed by atoms with Gasteiger partial charge in [0.2, 0.25) is 5.88 Å². The maximum Gasteiger partial charge on any atom is 0.328 e. The predicted octanol–water partition coefficient (Wildman–Crippen LogP) is 4.65. The molecule has 1 aromatic heterocycles. The molecule has 0 saturated carbocycles. The van der Waals surface area contributed by atoms with Crippen molar-refractivity contribution >= 4 is 17.6 Å². The van der Waals surface area contributed by atoms with Crippen molar-refractivity contribution in [1.29, 1.82) is 0 Å². The number of hydrogen-bond acceptors (Lipinski definition) is 3. The summed E-state index contributed by atoms with van der Waals surface area (Å²) in [7, 11) is 0. The molecule has 0 aliphatic heterocycles. The molecule has 0 aliphatic carbocycles.